The molecule has 1 atom stereocenters. The zero-order valence-corrected chi connectivity index (χ0v) is 17.1. The normalized spacial score (nSPS) is 24.1. The van der Waals surface area contributed by atoms with Crippen LogP contribution in [0.2, 0.25) is 0 Å². The summed E-state index contributed by atoms with van der Waals surface area (Å²) in [5, 5.41) is 3.25. The lowest BCUT2D eigenvalue weighted by atomic mass is 9.95. The lowest BCUT2D eigenvalue weighted by Gasteiger charge is -2.40. The van der Waals surface area contributed by atoms with Crippen molar-refractivity contribution >= 4 is 11.8 Å². The zero-order valence-electron chi connectivity index (χ0n) is 17.1. The van der Waals surface area contributed by atoms with Gasteiger partial charge < -0.3 is 15.1 Å². The summed E-state index contributed by atoms with van der Waals surface area (Å²) >= 11 is 0. The van der Waals surface area contributed by atoms with Crippen molar-refractivity contribution in [2.24, 2.45) is 5.92 Å². The van der Waals surface area contributed by atoms with Gasteiger partial charge >= 0.3 is 0 Å². The standard InChI is InChI=1S/C21H38N4O2/c1-2-19(26)24-14-16-25(17-15-24)20(18-8-4-5-9-18)21(27)22-10-13-23-11-6-3-7-12-23/h18,20H,2-17H2,1H3,(H,22,27)/t20-/m0/s1. The number of nitrogens with one attached hydrogen (secondary N) is 1. The van der Waals surface area contributed by atoms with Crippen molar-refractivity contribution in [1.29, 1.82) is 0 Å². The Balaban J connectivity index is 1.51. The van der Waals surface area contributed by atoms with Gasteiger partial charge in [0, 0.05) is 45.7 Å². The molecule has 3 rings (SSSR count). The number of hydrogen-bond donors (Lipinski definition) is 1. The van der Waals surface area contributed by atoms with Crippen molar-refractivity contribution in [3.05, 3.63) is 0 Å². The molecule has 27 heavy (non-hydrogen) atoms. The molecule has 0 unspecified atom stereocenters. The van der Waals surface area contributed by atoms with Crippen molar-refractivity contribution < 1.29 is 9.59 Å². The van der Waals surface area contributed by atoms with Gasteiger partial charge in [-0.2, -0.15) is 0 Å². The fourth-order valence-electron chi connectivity index (χ4n) is 5.05. The predicted molar refractivity (Wildman–Crippen MR) is 107 cm³/mol. The Bertz CT molecular complexity index is 479. The highest BCUT2D eigenvalue weighted by atomic mass is 16.2. The molecular weight excluding hydrogens is 340 g/mol. The Morgan fingerprint density at radius 3 is 2.22 bits per heavy atom. The van der Waals surface area contributed by atoms with Crippen LogP contribution in [-0.4, -0.2) is 84.9 Å². The van der Waals surface area contributed by atoms with Gasteiger partial charge in [0.25, 0.3) is 0 Å². The first kappa shape index (κ1) is 20.6. The molecule has 3 fully saturated rings. The van der Waals surface area contributed by atoms with E-state index in [0.717, 1.165) is 52.1 Å². The van der Waals surface area contributed by atoms with E-state index in [9.17, 15) is 9.59 Å². The Hall–Kier alpha value is -1.14. The van der Waals surface area contributed by atoms with E-state index in [0.29, 0.717) is 12.3 Å². The van der Waals surface area contributed by atoms with Crippen LogP contribution in [0.25, 0.3) is 0 Å². The first-order valence-corrected chi connectivity index (χ1v) is 11.2. The van der Waals surface area contributed by atoms with E-state index >= 15 is 0 Å². The molecule has 2 amide bonds. The lowest BCUT2D eigenvalue weighted by molar-refractivity contribution is -0.135. The molecule has 0 aromatic rings. The van der Waals surface area contributed by atoms with Crippen LogP contribution in [0.4, 0.5) is 0 Å². The minimum atomic E-state index is -0.00673. The first-order chi connectivity index (χ1) is 13.2. The maximum atomic E-state index is 13.1. The summed E-state index contributed by atoms with van der Waals surface area (Å²) in [5.74, 6) is 0.931. The van der Waals surface area contributed by atoms with Gasteiger partial charge in [-0.3, -0.25) is 14.5 Å². The summed E-state index contributed by atoms with van der Waals surface area (Å²) in [6, 6.07) is -0.00673. The van der Waals surface area contributed by atoms with E-state index < -0.39 is 0 Å². The molecular formula is C21H38N4O2. The molecule has 0 radical (unpaired) electrons. The highest BCUT2D eigenvalue weighted by Gasteiger charge is 2.37. The lowest BCUT2D eigenvalue weighted by Crippen LogP contribution is -2.58. The number of amides is 2. The Morgan fingerprint density at radius 2 is 1.59 bits per heavy atom. The number of piperidine rings is 1. The van der Waals surface area contributed by atoms with Crippen LogP contribution in [-0.2, 0) is 9.59 Å². The second kappa shape index (κ2) is 10.4. The fourth-order valence-corrected chi connectivity index (χ4v) is 5.05. The summed E-state index contributed by atoms with van der Waals surface area (Å²) in [5.41, 5.74) is 0. The van der Waals surface area contributed by atoms with Gasteiger partial charge in [0.1, 0.15) is 0 Å². The van der Waals surface area contributed by atoms with Crippen LogP contribution >= 0.6 is 0 Å². The third-order valence-electron chi connectivity index (χ3n) is 6.65. The molecule has 0 spiro atoms. The van der Waals surface area contributed by atoms with Crippen LogP contribution in [0.1, 0.15) is 58.3 Å². The largest absolute Gasteiger partial charge is 0.353 e. The summed E-state index contributed by atoms with van der Waals surface area (Å²) in [6.07, 6.45) is 9.32. The van der Waals surface area contributed by atoms with Crippen LogP contribution in [0, 0.1) is 5.92 Å². The minimum absolute atomic E-state index is 0.00673. The maximum Gasteiger partial charge on any atom is 0.237 e. The quantitative estimate of drug-likeness (QED) is 0.733. The number of piperazine rings is 1. The fraction of sp³-hybridized carbons (Fsp3) is 0.905. The highest BCUT2D eigenvalue weighted by molar-refractivity contribution is 5.82. The molecule has 6 nitrogen and oxygen atoms in total. The maximum absolute atomic E-state index is 13.1. The van der Waals surface area contributed by atoms with Crippen LogP contribution < -0.4 is 5.32 Å². The summed E-state index contributed by atoms with van der Waals surface area (Å²) in [7, 11) is 0. The van der Waals surface area contributed by atoms with E-state index in [1.54, 1.807) is 0 Å². The number of rotatable bonds is 7. The number of carbonyl (C=O) groups excluding carboxylic acids is 2. The summed E-state index contributed by atoms with van der Waals surface area (Å²) < 4.78 is 0. The minimum Gasteiger partial charge on any atom is -0.353 e. The summed E-state index contributed by atoms with van der Waals surface area (Å²) in [6.45, 7) is 9.18. The molecule has 0 aromatic heterocycles. The number of hydrogen-bond acceptors (Lipinski definition) is 4. The Labute approximate surface area is 164 Å². The SMILES string of the molecule is CCC(=O)N1CCN([C@H](C(=O)NCCN2CCCCC2)C2CCCC2)CC1. The molecule has 154 valence electrons. The second-order valence-electron chi connectivity index (χ2n) is 8.45. The van der Waals surface area contributed by atoms with Gasteiger partial charge in [0.15, 0.2) is 0 Å². The first-order valence-electron chi connectivity index (χ1n) is 11.2. The van der Waals surface area contributed by atoms with E-state index in [4.69, 9.17) is 0 Å². The van der Waals surface area contributed by atoms with E-state index in [2.05, 4.69) is 15.1 Å². The van der Waals surface area contributed by atoms with Crippen molar-refractivity contribution in [3.8, 4) is 0 Å². The van der Waals surface area contributed by atoms with Crippen molar-refractivity contribution in [3.63, 3.8) is 0 Å². The van der Waals surface area contributed by atoms with Gasteiger partial charge in [-0.15, -0.1) is 0 Å². The van der Waals surface area contributed by atoms with Gasteiger partial charge in [-0.25, -0.2) is 0 Å². The molecule has 2 aliphatic heterocycles. The molecule has 1 N–H and O–H groups in total. The molecule has 3 aliphatic rings. The van der Waals surface area contributed by atoms with E-state index in [1.165, 1.54) is 45.2 Å². The average molecular weight is 379 g/mol. The third-order valence-corrected chi connectivity index (χ3v) is 6.65. The third kappa shape index (κ3) is 5.67. The summed E-state index contributed by atoms with van der Waals surface area (Å²) in [4.78, 5) is 31.8. The van der Waals surface area contributed by atoms with Crippen molar-refractivity contribution in [2.75, 3.05) is 52.4 Å². The molecule has 0 bridgehead atoms. The van der Waals surface area contributed by atoms with Crippen molar-refractivity contribution in [2.45, 2.75) is 64.3 Å². The van der Waals surface area contributed by atoms with Gasteiger partial charge in [0.2, 0.25) is 11.8 Å². The topological polar surface area (TPSA) is 55.9 Å². The number of nitrogens with zero attached hydrogens (tertiary/aromatic N) is 3. The van der Waals surface area contributed by atoms with Crippen LogP contribution in [0.15, 0.2) is 0 Å². The smallest absolute Gasteiger partial charge is 0.237 e. The average Bonchev–Trinajstić information content (AvgIpc) is 3.23. The Kier molecular flexibility index (Phi) is 7.94. The molecule has 1 aliphatic carbocycles. The van der Waals surface area contributed by atoms with Gasteiger partial charge in [0.05, 0.1) is 6.04 Å². The van der Waals surface area contributed by atoms with E-state index in [-0.39, 0.29) is 17.9 Å². The zero-order chi connectivity index (χ0) is 19.1. The Morgan fingerprint density at radius 1 is 0.926 bits per heavy atom. The second-order valence-corrected chi connectivity index (χ2v) is 8.45. The number of carbonyl (C=O) groups is 2. The molecule has 6 heteroatoms. The van der Waals surface area contributed by atoms with Crippen molar-refractivity contribution in [1.82, 2.24) is 20.0 Å². The molecule has 0 aromatic carbocycles. The van der Waals surface area contributed by atoms with E-state index in [1.807, 2.05) is 11.8 Å². The van der Waals surface area contributed by atoms with Gasteiger partial charge in [-0.1, -0.05) is 26.2 Å². The molecule has 1 saturated carbocycles. The monoisotopic (exact) mass is 378 g/mol. The highest BCUT2D eigenvalue weighted by Crippen LogP contribution is 2.31. The molecule has 2 heterocycles. The number of likely N-dealkylation sites (tertiary alicyclic amines) is 1. The molecule has 2 saturated heterocycles. The van der Waals surface area contributed by atoms with Gasteiger partial charge in [-0.05, 0) is 44.7 Å². The predicted octanol–water partition coefficient (Wildman–Crippen LogP) is 1.70. The van der Waals surface area contributed by atoms with Crippen LogP contribution in [0.5, 0.6) is 0 Å². The van der Waals surface area contributed by atoms with Crippen LogP contribution in [0.3, 0.4) is 0 Å².